The van der Waals surface area contributed by atoms with E-state index in [0.717, 1.165) is 12.8 Å². The second-order valence-corrected chi connectivity index (χ2v) is 7.97. The van der Waals surface area contributed by atoms with Crippen LogP contribution in [0.1, 0.15) is 34.7 Å². The first-order valence-electron chi connectivity index (χ1n) is 9.03. The van der Waals surface area contributed by atoms with Gasteiger partial charge in [0.05, 0.1) is 24.9 Å². The maximum absolute atomic E-state index is 14.1. The van der Waals surface area contributed by atoms with Gasteiger partial charge in [0.1, 0.15) is 5.82 Å². The third kappa shape index (κ3) is 4.65. The lowest BCUT2D eigenvalue weighted by Gasteiger charge is -2.23. The van der Waals surface area contributed by atoms with Crippen molar-refractivity contribution in [2.24, 2.45) is 0 Å². The number of furan rings is 1. The molecule has 4 rings (SSSR count). The van der Waals surface area contributed by atoms with Gasteiger partial charge < -0.3 is 9.32 Å². The molecule has 0 atom stereocenters. The molecule has 0 unspecified atom stereocenters. The molecule has 2 aromatic heterocycles. The summed E-state index contributed by atoms with van der Waals surface area (Å²) in [6, 6.07) is 7.76. The van der Waals surface area contributed by atoms with Crippen molar-refractivity contribution >= 4 is 39.9 Å². The number of carbonyl (C=O) groups excluding carboxylic acids is 2. The second kappa shape index (κ2) is 8.34. The summed E-state index contributed by atoms with van der Waals surface area (Å²) in [7, 11) is 0. The molecule has 2 amide bonds. The van der Waals surface area contributed by atoms with E-state index in [1.54, 1.807) is 28.5 Å². The molecule has 3 aromatic rings. The molecule has 1 aromatic carbocycles. The van der Waals surface area contributed by atoms with Gasteiger partial charge in [-0.15, -0.1) is 11.3 Å². The molecule has 0 spiro atoms. The van der Waals surface area contributed by atoms with Crippen LogP contribution in [0.4, 0.5) is 9.52 Å². The summed E-state index contributed by atoms with van der Waals surface area (Å²) < 4.78 is 19.2. The zero-order valence-corrected chi connectivity index (χ0v) is 16.8. The van der Waals surface area contributed by atoms with E-state index in [1.165, 1.54) is 29.7 Å². The van der Waals surface area contributed by atoms with Gasteiger partial charge in [-0.2, -0.15) is 0 Å². The van der Waals surface area contributed by atoms with Crippen LogP contribution in [0.5, 0.6) is 0 Å². The average Bonchev–Trinajstić information content (AvgIpc) is 3.18. The minimum atomic E-state index is -0.424. The summed E-state index contributed by atoms with van der Waals surface area (Å²) in [5.74, 6) is -0.802. The number of aromatic nitrogens is 1. The molecule has 0 bridgehead atoms. The highest BCUT2D eigenvalue weighted by molar-refractivity contribution is 7.14. The van der Waals surface area contributed by atoms with E-state index in [0.29, 0.717) is 21.4 Å². The second-order valence-electron chi connectivity index (χ2n) is 6.71. The zero-order chi connectivity index (χ0) is 20.4. The van der Waals surface area contributed by atoms with Gasteiger partial charge in [-0.1, -0.05) is 17.7 Å². The van der Waals surface area contributed by atoms with E-state index in [4.69, 9.17) is 16.0 Å². The van der Waals surface area contributed by atoms with Crippen molar-refractivity contribution in [2.45, 2.75) is 31.8 Å². The van der Waals surface area contributed by atoms with Crippen LogP contribution in [0.3, 0.4) is 0 Å². The standard InChI is InChI=1S/C20H17ClFN3O3S/c21-15-3-1-4-16(22)14(15)10-25(13-6-7-13)18(26)9-12-11-29-20(23-12)24-19(27)17-5-2-8-28-17/h1-5,8,11,13H,6-7,9-10H2,(H,23,24,27). The van der Waals surface area contributed by atoms with Crippen LogP contribution in [-0.4, -0.2) is 27.7 Å². The molecule has 0 saturated heterocycles. The van der Waals surface area contributed by atoms with Crippen LogP contribution in [0, 0.1) is 5.82 Å². The van der Waals surface area contributed by atoms with Crippen LogP contribution < -0.4 is 5.32 Å². The third-order valence-corrected chi connectivity index (χ3v) is 5.71. The van der Waals surface area contributed by atoms with Crippen molar-refractivity contribution in [1.29, 1.82) is 0 Å². The molecule has 150 valence electrons. The molecular formula is C20H17ClFN3O3S. The minimum Gasteiger partial charge on any atom is -0.459 e. The Morgan fingerprint density at radius 3 is 2.83 bits per heavy atom. The van der Waals surface area contributed by atoms with E-state index < -0.39 is 11.7 Å². The van der Waals surface area contributed by atoms with Gasteiger partial charge in [0.2, 0.25) is 5.91 Å². The molecule has 1 aliphatic carbocycles. The highest BCUT2D eigenvalue weighted by Crippen LogP contribution is 2.31. The SMILES string of the molecule is O=C(Nc1nc(CC(=O)N(Cc2c(F)cccc2Cl)C2CC2)cs1)c1ccco1. The average molecular weight is 434 g/mol. The molecule has 1 fully saturated rings. The fraction of sp³-hybridized carbons (Fsp3) is 0.250. The number of rotatable bonds is 7. The Hall–Kier alpha value is -2.71. The summed E-state index contributed by atoms with van der Waals surface area (Å²) in [5.41, 5.74) is 0.860. The molecule has 0 radical (unpaired) electrons. The summed E-state index contributed by atoms with van der Waals surface area (Å²) >= 11 is 7.35. The van der Waals surface area contributed by atoms with Crippen LogP contribution >= 0.6 is 22.9 Å². The molecule has 1 saturated carbocycles. The first-order chi connectivity index (χ1) is 14.0. The van der Waals surface area contributed by atoms with E-state index >= 15 is 0 Å². The Kier molecular flexibility index (Phi) is 5.64. The number of nitrogens with zero attached hydrogens (tertiary/aromatic N) is 2. The lowest BCUT2D eigenvalue weighted by Crippen LogP contribution is -2.34. The van der Waals surface area contributed by atoms with Gasteiger partial charge >= 0.3 is 0 Å². The smallest absolute Gasteiger partial charge is 0.293 e. The van der Waals surface area contributed by atoms with Crippen molar-refractivity contribution in [3.63, 3.8) is 0 Å². The monoisotopic (exact) mass is 433 g/mol. The molecule has 1 aliphatic rings. The summed E-state index contributed by atoms with van der Waals surface area (Å²) in [6.07, 6.45) is 3.25. The Balaban J connectivity index is 1.42. The van der Waals surface area contributed by atoms with E-state index in [1.807, 2.05) is 0 Å². The molecule has 0 aliphatic heterocycles. The largest absolute Gasteiger partial charge is 0.459 e. The van der Waals surface area contributed by atoms with Crippen molar-refractivity contribution in [1.82, 2.24) is 9.88 Å². The third-order valence-electron chi connectivity index (χ3n) is 4.55. The Bertz CT molecular complexity index is 1010. The number of benzene rings is 1. The van der Waals surface area contributed by atoms with Gasteiger partial charge in [-0.3, -0.25) is 14.9 Å². The van der Waals surface area contributed by atoms with Crippen LogP contribution in [-0.2, 0) is 17.8 Å². The molecule has 1 N–H and O–H groups in total. The molecule has 29 heavy (non-hydrogen) atoms. The number of thiazole rings is 1. The van der Waals surface area contributed by atoms with Gasteiger partial charge in [-0.05, 0) is 37.1 Å². The molecular weight excluding hydrogens is 417 g/mol. The van der Waals surface area contributed by atoms with E-state index in [9.17, 15) is 14.0 Å². The van der Waals surface area contributed by atoms with Crippen molar-refractivity contribution in [2.75, 3.05) is 5.32 Å². The van der Waals surface area contributed by atoms with Crippen molar-refractivity contribution in [3.05, 3.63) is 69.8 Å². The minimum absolute atomic E-state index is 0.0652. The van der Waals surface area contributed by atoms with Gasteiger partial charge in [0.25, 0.3) is 5.91 Å². The predicted octanol–water partition coefficient (Wildman–Crippen LogP) is 4.51. The molecule has 2 heterocycles. The topological polar surface area (TPSA) is 75.4 Å². The highest BCUT2D eigenvalue weighted by Gasteiger charge is 2.33. The maximum Gasteiger partial charge on any atom is 0.293 e. The number of nitrogens with one attached hydrogen (secondary N) is 1. The fourth-order valence-electron chi connectivity index (χ4n) is 2.93. The summed E-state index contributed by atoms with van der Waals surface area (Å²) in [6.45, 7) is 0.126. The number of hydrogen-bond acceptors (Lipinski definition) is 5. The first kappa shape index (κ1) is 19.6. The Morgan fingerprint density at radius 1 is 1.31 bits per heavy atom. The van der Waals surface area contributed by atoms with Crippen LogP contribution in [0.15, 0.2) is 46.4 Å². The van der Waals surface area contributed by atoms with Crippen molar-refractivity contribution < 1.29 is 18.4 Å². The van der Waals surface area contributed by atoms with Crippen molar-refractivity contribution in [3.8, 4) is 0 Å². The Labute approximate surface area is 175 Å². The van der Waals surface area contributed by atoms with E-state index in [2.05, 4.69) is 10.3 Å². The van der Waals surface area contributed by atoms with Crippen LogP contribution in [0.2, 0.25) is 5.02 Å². The predicted molar refractivity (Wildman–Crippen MR) is 107 cm³/mol. The lowest BCUT2D eigenvalue weighted by molar-refractivity contribution is -0.131. The normalized spacial score (nSPS) is 13.3. The zero-order valence-electron chi connectivity index (χ0n) is 15.2. The summed E-state index contributed by atoms with van der Waals surface area (Å²) in [5, 5.41) is 5.04. The van der Waals surface area contributed by atoms with Gasteiger partial charge in [-0.25, -0.2) is 9.37 Å². The molecule has 6 nitrogen and oxygen atoms in total. The highest BCUT2D eigenvalue weighted by atomic mass is 35.5. The molecule has 9 heteroatoms. The fourth-order valence-corrected chi connectivity index (χ4v) is 3.86. The number of hydrogen-bond donors (Lipinski definition) is 1. The van der Waals surface area contributed by atoms with Gasteiger partial charge in [0.15, 0.2) is 10.9 Å². The summed E-state index contributed by atoms with van der Waals surface area (Å²) in [4.78, 5) is 30.8. The number of anilines is 1. The lowest BCUT2D eigenvalue weighted by atomic mass is 10.1. The van der Waals surface area contributed by atoms with Crippen LogP contribution in [0.25, 0.3) is 0 Å². The van der Waals surface area contributed by atoms with E-state index in [-0.39, 0.29) is 30.7 Å². The Morgan fingerprint density at radius 2 is 2.14 bits per heavy atom. The van der Waals surface area contributed by atoms with Gasteiger partial charge in [0, 0.05) is 22.0 Å². The number of amides is 2. The quantitative estimate of drug-likeness (QED) is 0.594. The maximum atomic E-state index is 14.1. The first-order valence-corrected chi connectivity index (χ1v) is 10.3. The number of carbonyl (C=O) groups is 2. The number of halogens is 2.